The van der Waals surface area contributed by atoms with E-state index in [9.17, 15) is 18.0 Å². The van der Waals surface area contributed by atoms with Crippen molar-refractivity contribution in [2.75, 3.05) is 18.4 Å². The lowest BCUT2D eigenvalue weighted by Gasteiger charge is -2.31. The molecule has 0 saturated carbocycles. The number of aryl methyl sites for hydroxylation is 1. The van der Waals surface area contributed by atoms with E-state index in [0.29, 0.717) is 12.8 Å². The number of amides is 1. The van der Waals surface area contributed by atoms with Crippen LogP contribution in [-0.2, 0) is 17.5 Å². The van der Waals surface area contributed by atoms with Gasteiger partial charge in [0.15, 0.2) is 0 Å². The van der Waals surface area contributed by atoms with E-state index in [0.717, 1.165) is 31.8 Å². The molecule has 1 N–H and O–H groups in total. The van der Waals surface area contributed by atoms with Crippen LogP contribution in [0.2, 0.25) is 0 Å². The molecule has 0 radical (unpaired) electrons. The third-order valence-electron chi connectivity index (χ3n) is 4.94. The number of likely N-dealkylation sites (tertiary alicyclic amines) is 1. The monoisotopic (exact) mass is 376 g/mol. The van der Waals surface area contributed by atoms with Gasteiger partial charge in [-0.25, -0.2) is 0 Å². The second-order valence-electron chi connectivity index (χ2n) is 7.10. The molecule has 0 bridgehead atoms. The van der Waals surface area contributed by atoms with Gasteiger partial charge in [0.1, 0.15) is 0 Å². The lowest BCUT2D eigenvalue weighted by atomic mass is 9.95. The van der Waals surface area contributed by atoms with Crippen molar-refractivity contribution in [2.45, 2.75) is 32.5 Å². The maximum atomic E-state index is 12.8. The van der Waals surface area contributed by atoms with Crippen molar-refractivity contribution in [2.24, 2.45) is 5.92 Å². The van der Waals surface area contributed by atoms with Gasteiger partial charge >= 0.3 is 6.18 Å². The van der Waals surface area contributed by atoms with Gasteiger partial charge in [0.2, 0.25) is 5.91 Å². The summed E-state index contributed by atoms with van der Waals surface area (Å²) in [4.78, 5) is 14.7. The first-order valence-electron chi connectivity index (χ1n) is 9.07. The zero-order valence-corrected chi connectivity index (χ0v) is 15.2. The molecule has 0 atom stereocenters. The van der Waals surface area contributed by atoms with Crippen LogP contribution in [-0.4, -0.2) is 23.9 Å². The minimum Gasteiger partial charge on any atom is -0.326 e. The maximum Gasteiger partial charge on any atom is 0.416 e. The first-order chi connectivity index (χ1) is 12.8. The van der Waals surface area contributed by atoms with Crippen LogP contribution in [0.5, 0.6) is 0 Å². The maximum absolute atomic E-state index is 12.8. The molecule has 0 aliphatic carbocycles. The number of rotatable bonds is 4. The molecule has 2 aromatic rings. The van der Waals surface area contributed by atoms with Crippen molar-refractivity contribution in [3.63, 3.8) is 0 Å². The number of piperidine rings is 1. The van der Waals surface area contributed by atoms with Crippen LogP contribution in [0, 0.1) is 12.8 Å². The van der Waals surface area contributed by atoms with E-state index < -0.39 is 11.7 Å². The number of anilines is 1. The van der Waals surface area contributed by atoms with Gasteiger partial charge in [0.25, 0.3) is 0 Å². The lowest BCUT2D eigenvalue weighted by Crippen LogP contribution is -2.37. The van der Waals surface area contributed by atoms with Crippen LogP contribution in [0.1, 0.15) is 29.5 Å². The summed E-state index contributed by atoms with van der Waals surface area (Å²) in [6, 6.07) is 13.2. The molecule has 1 heterocycles. The standard InChI is InChI=1S/C21H23F3N2O/c1-15-5-7-16(8-6-15)14-26-11-9-17(10-12-26)20(27)25-19-4-2-3-18(13-19)21(22,23)24/h2-8,13,17H,9-12,14H2,1H3,(H,25,27). The highest BCUT2D eigenvalue weighted by Gasteiger charge is 2.31. The Labute approximate surface area is 157 Å². The molecule has 0 unspecified atom stereocenters. The number of alkyl halides is 3. The smallest absolute Gasteiger partial charge is 0.326 e. The highest BCUT2D eigenvalue weighted by molar-refractivity contribution is 5.92. The normalized spacial score (nSPS) is 16.3. The molecule has 1 aliphatic heterocycles. The highest BCUT2D eigenvalue weighted by Crippen LogP contribution is 2.31. The molecule has 0 spiro atoms. The summed E-state index contributed by atoms with van der Waals surface area (Å²) in [5.41, 5.74) is 1.90. The van der Waals surface area contributed by atoms with E-state index in [1.54, 1.807) is 0 Å². The van der Waals surface area contributed by atoms with Crippen LogP contribution < -0.4 is 5.32 Å². The molecule has 144 valence electrons. The Balaban J connectivity index is 1.52. The van der Waals surface area contributed by atoms with E-state index in [4.69, 9.17) is 0 Å². The van der Waals surface area contributed by atoms with Crippen molar-refractivity contribution in [1.82, 2.24) is 4.90 Å². The summed E-state index contributed by atoms with van der Waals surface area (Å²) in [5, 5.41) is 2.64. The van der Waals surface area contributed by atoms with Gasteiger partial charge in [-0.3, -0.25) is 9.69 Å². The van der Waals surface area contributed by atoms with Gasteiger partial charge in [-0.05, 0) is 56.6 Å². The molecule has 1 fully saturated rings. The number of halogens is 3. The van der Waals surface area contributed by atoms with Gasteiger partial charge in [-0.1, -0.05) is 35.9 Å². The topological polar surface area (TPSA) is 32.3 Å². The van der Waals surface area contributed by atoms with E-state index >= 15 is 0 Å². The zero-order chi connectivity index (χ0) is 19.4. The molecule has 27 heavy (non-hydrogen) atoms. The molecule has 3 nitrogen and oxygen atoms in total. The molecule has 3 rings (SSSR count). The summed E-state index contributed by atoms with van der Waals surface area (Å²) >= 11 is 0. The van der Waals surface area contributed by atoms with Crippen molar-refractivity contribution in [3.8, 4) is 0 Å². The third-order valence-corrected chi connectivity index (χ3v) is 4.94. The van der Waals surface area contributed by atoms with Gasteiger partial charge in [-0.2, -0.15) is 13.2 Å². The van der Waals surface area contributed by atoms with Crippen molar-refractivity contribution >= 4 is 11.6 Å². The Morgan fingerprint density at radius 1 is 1.11 bits per heavy atom. The molecule has 0 aromatic heterocycles. The average Bonchev–Trinajstić information content (AvgIpc) is 2.64. The minimum atomic E-state index is -4.41. The quantitative estimate of drug-likeness (QED) is 0.826. The van der Waals surface area contributed by atoms with Gasteiger partial charge in [-0.15, -0.1) is 0 Å². The summed E-state index contributed by atoms with van der Waals surface area (Å²) in [6.45, 7) is 4.50. The van der Waals surface area contributed by atoms with Crippen molar-refractivity contribution in [3.05, 3.63) is 65.2 Å². The molecular formula is C21H23F3N2O. The number of carbonyl (C=O) groups excluding carboxylic acids is 1. The Kier molecular flexibility index (Phi) is 5.85. The van der Waals surface area contributed by atoms with Crippen LogP contribution in [0.3, 0.4) is 0 Å². The molecule has 1 saturated heterocycles. The number of hydrogen-bond acceptors (Lipinski definition) is 2. The van der Waals surface area contributed by atoms with E-state index in [1.165, 1.54) is 23.3 Å². The van der Waals surface area contributed by atoms with Crippen molar-refractivity contribution in [1.29, 1.82) is 0 Å². The number of hydrogen-bond donors (Lipinski definition) is 1. The molecule has 1 aliphatic rings. The molecular weight excluding hydrogens is 353 g/mol. The fourth-order valence-corrected chi connectivity index (χ4v) is 3.32. The Bertz CT molecular complexity index is 779. The fraction of sp³-hybridized carbons (Fsp3) is 0.381. The Hall–Kier alpha value is -2.34. The number of benzene rings is 2. The molecule has 6 heteroatoms. The first kappa shape index (κ1) is 19.4. The second-order valence-corrected chi connectivity index (χ2v) is 7.10. The van der Waals surface area contributed by atoms with Gasteiger partial charge < -0.3 is 5.32 Å². The number of nitrogens with one attached hydrogen (secondary N) is 1. The van der Waals surface area contributed by atoms with Crippen LogP contribution in [0.4, 0.5) is 18.9 Å². The van der Waals surface area contributed by atoms with E-state index in [2.05, 4.69) is 41.4 Å². The molecule has 1 amide bonds. The van der Waals surface area contributed by atoms with E-state index in [1.807, 2.05) is 0 Å². The number of nitrogens with zero attached hydrogens (tertiary/aromatic N) is 1. The largest absolute Gasteiger partial charge is 0.416 e. The lowest BCUT2D eigenvalue weighted by molar-refractivity contribution is -0.137. The summed E-state index contributed by atoms with van der Waals surface area (Å²) in [6.07, 6.45) is -3.00. The summed E-state index contributed by atoms with van der Waals surface area (Å²) in [7, 11) is 0. The molecule has 2 aromatic carbocycles. The Morgan fingerprint density at radius 3 is 2.41 bits per heavy atom. The zero-order valence-electron chi connectivity index (χ0n) is 15.2. The number of carbonyl (C=O) groups is 1. The summed E-state index contributed by atoms with van der Waals surface area (Å²) < 4.78 is 38.4. The predicted molar refractivity (Wildman–Crippen MR) is 99.3 cm³/mol. The van der Waals surface area contributed by atoms with Crippen molar-refractivity contribution < 1.29 is 18.0 Å². The second kappa shape index (κ2) is 8.13. The van der Waals surface area contributed by atoms with Gasteiger partial charge in [0, 0.05) is 18.2 Å². The minimum absolute atomic E-state index is 0.172. The van der Waals surface area contributed by atoms with Crippen LogP contribution in [0.15, 0.2) is 48.5 Å². The Morgan fingerprint density at radius 2 is 1.78 bits per heavy atom. The fourth-order valence-electron chi connectivity index (χ4n) is 3.32. The highest BCUT2D eigenvalue weighted by atomic mass is 19.4. The van der Waals surface area contributed by atoms with Gasteiger partial charge in [0.05, 0.1) is 5.56 Å². The first-order valence-corrected chi connectivity index (χ1v) is 9.07. The SMILES string of the molecule is Cc1ccc(CN2CCC(C(=O)Nc3cccc(C(F)(F)F)c3)CC2)cc1. The average molecular weight is 376 g/mol. The summed E-state index contributed by atoms with van der Waals surface area (Å²) in [5.74, 6) is -0.377. The van der Waals surface area contributed by atoms with Crippen LogP contribution >= 0.6 is 0 Å². The third kappa shape index (κ3) is 5.32. The van der Waals surface area contributed by atoms with Crippen LogP contribution in [0.25, 0.3) is 0 Å². The van der Waals surface area contributed by atoms with E-state index in [-0.39, 0.29) is 17.5 Å². The predicted octanol–water partition coefficient (Wildman–Crippen LogP) is 4.86.